The van der Waals surface area contributed by atoms with E-state index in [-0.39, 0.29) is 0 Å². The molecule has 40 valence electrons. The lowest BCUT2D eigenvalue weighted by Crippen LogP contribution is -2.07. The predicted octanol–water partition coefficient (Wildman–Crippen LogP) is 1.11. The second kappa shape index (κ2) is 2.45. The van der Waals surface area contributed by atoms with Crippen molar-refractivity contribution in [3.05, 3.63) is 0 Å². The zero-order chi connectivity index (χ0) is 5.86. The Morgan fingerprint density at radius 3 is 1.71 bits per heavy atom. The van der Waals surface area contributed by atoms with E-state index < -0.39 is 12.6 Å². The summed E-state index contributed by atoms with van der Waals surface area (Å²) >= 11 is 0. The molecule has 0 rings (SSSR count). The Labute approximate surface area is 38.4 Å². The average Bonchev–Trinajstić information content (AvgIpc) is 1.65. The number of hydrogen-bond donors (Lipinski definition) is 0. The Morgan fingerprint density at radius 2 is 1.71 bits per heavy atom. The van der Waals surface area contributed by atoms with E-state index in [1.165, 1.54) is 0 Å². The normalized spacial score (nSPS) is 13.6. The van der Waals surface area contributed by atoms with E-state index in [2.05, 4.69) is 0 Å². The molecule has 0 aliphatic rings. The smallest absolute Gasteiger partial charge is 0.225 e. The fourth-order valence-electron chi connectivity index (χ4n) is 0.0563. The predicted molar refractivity (Wildman–Crippen MR) is 16.5 cm³/mol. The molecule has 0 aromatic rings. The number of halogens is 3. The van der Waals surface area contributed by atoms with Crippen LogP contribution in [0.15, 0.2) is 0 Å². The number of hydrogen-bond acceptors (Lipinski definition) is 1. The molecule has 1 nitrogen and oxygen atoms in total. The molecule has 0 bridgehead atoms. The zero-order valence-electron chi connectivity index (χ0n) is 3.24. The fourth-order valence-corrected chi connectivity index (χ4v) is 0.0563. The molecule has 1 atom stereocenters. The van der Waals surface area contributed by atoms with Crippen molar-refractivity contribution in [2.75, 3.05) is 0 Å². The van der Waals surface area contributed by atoms with Crippen LogP contribution in [0.4, 0.5) is 13.2 Å². The van der Waals surface area contributed by atoms with Gasteiger partial charge in [0.1, 0.15) is 6.07 Å². The van der Waals surface area contributed by atoms with Gasteiger partial charge in [0.05, 0.1) is 0 Å². The molecule has 0 saturated carbocycles. The molecule has 0 heterocycles. The van der Waals surface area contributed by atoms with Crippen molar-refractivity contribution in [1.29, 1.82) is 5.26 Å². The van der Waals surface area contributed by atoms with Crippen molar-refractivity contribution in [2.24, 2.45) is 0 Å². The van der Waals surface area contributed by atoms with Gasteiger partial charge < -0.3 is 0 Å². The van der Waals surface area contributed by atoms with Crippen LogP contribution in [0.1, 0.15) is 0 Å². The van der Waals surface area contributed by atoms with Crippen LogP contribution in [0, 0.1) is 11.3 Å². The van der Waals surface area contributed by atoms with Gasteiger partial charge in [0.2, 0.25) is 6.17 Å². The molecule has 0 fully saturated rings. The van der Waals surface area contributed by atoms with E-state index in [9.17, 15) is 13.2 Å². The van der Waals surface area contributed by atoms with E-state index in [1.807, 2.05) is 0 Å². The maximum Gasteiger partial charge on any atom is 0.282 e. The molecular weight excluding hydrogens is 107 g/mol. The summed E-state index contributed by atoms with van der Waals surface area (Å²) in [6.07, 6.45) is -5.79. The molecule has 1 unspecified atom stereocenters. The van der Waals surface area contributed by atoms with Gasteiger partial charge in [-0.05, 0) is 0 Å². The van der Waals surface area contributed by atoms with E-state index >= 15 is 0 Å². The summed E-state index contributed by atoms with van der Waals surface area (Å²) in [6.45, 7) is 0. The van der Waals surface area contributed by atoms with Crippen LogP contribution in [0.25, 0.3) is 0 Å². The van der Waals surface area contributed by atoms with E-state index in [0.717, 1.165) is 6.07 Å². The summed E-state index contributed by atoms with van der Waals surface area (Å²) in [4.78, 5) is 0. The molecule has 0 amide bonds. The van der Waals surface area contributed by atoms with Crippen molar-refractivity contribution in [3.63, 3.8) is 0 Å². The number of nitrogens with zero attached hydrogens (tertiary/aromatic N) is 1. The van der Waals surface area contributed by atoms with Crippen LogP contribution in [0.5, 0.6) is 0 Å². The van der Waals surface area contributed by atoms with E-state index in [4.69, 9.17) is 5.26 Å². The molecular formula is C3H2F3N. The largest absolute Gasteiger partial charge is 0.282 e. The van der Waals surface area contributed by atoms with Crippen molar-refractivity contribution < 1.29 is 13.2 Å². The van der Waals surface area contributed by atoms with Gasteiger partial charge >= 0.3 is 0 Å². The van der Waals surface area contributed by atoms with Crippen molar-refractivity contribution in [2.45, 2.75) is 12.6 Å². The summed E-state index contributed by atoms with van der Waals surface area (Å²) in [7, 11) is 0. The third kappa shape index (κ3) is 2.04. The molecule has 0 spiro atoms. The lowest BCUT2D eigenvalue weighted by Gasteiger charge is -1.90. The third-order valence-corrected chi connectivity index (χ3v) is 0.345. The minimum Gasteiger partial charge on any atom is -0.225 e. The minimum absolute atomic E-state index is 0.748. The van der Waals surface area contributed by atoms with Crippen molar-refractivity contribution in [1.82, 2.24) is 0 Å². The molecule has 0 aromatic heterocycles. The summed E-state index contributed by atoms with van der Waals surface area (Å²) in [5.41, 5.74) is 0. The van der Waals surface area contributed by atoms with Crippen LogP contribution in [-0.2, 0) is 0 Å². The SMILES string of the molecule is N#CC(F)C(F)F. The minimum atomic E-state index is -3.16. The summed E-state index contributed by atoms with van der Waals surface area (Å²) in [6, 6.07) is 0.748. The second-order valence-electron chi connectivity index (χ2n) is 0.865. The van der Waals surface area contributed by atoms with Gasteiger partial charge in [-0.3, -0.25) is 0 Å². The molecule has 0 saturated heterocycles. The molecule has 0 radical (unpaired) electrons. The number of nitriles is 1. The van der Waals surface area contributed by atoms with Crippen LogP contribution in [0.2, 0.25) is 0 Å². The average molecular weight is 109 g/mol. The Kier molecular flexibility index (Phi) is 2.20. The molecule has 0 aromatic carbocycles. The van der Waals surface area contributed by atoms with Gasteiger partial charge in [0, 0.05) is 0 Å². The zero-order valence-corrected chi connectivity index (χ0v) is 3.24. The van der Waals surface area contributed by atoms with E-state index in [1.54, 1.807) is 0 Å². The van der Waals surface area contributed by atoms with Gasteiger partial charge in [0.15, 0.2) is 0 Å². The Balaban J connectivity index is 3.40. The Bertz CT molecular complexity index is 84.7. The molecule has 7 heavy (non-hydrogen) atoms. The maximum atomic E-state index is 11.1. The summed E-state index contributed by atoms with van der Waals surface area (Å²) in [5.74, 6) is 0. The maximum absolute atomic E-state index is 11.1. The third-order valence-electron chi connectivity index (χ3n) is 0.345. The van der Waals surface area contributed by atoms with Gasteiger partial charge in [-0.25, -0.2) is 13.2 Å². The Hall–Kier alpha value is -0.720. The highest BCUT2D eigenvalue weighted by Gasteiger charge is 2.16. The first-order chi connectivity index (χ1) is 3.18. The number of rotatable bonds is 1. The topological polar surface area (TPSA) is 23.8 Å². The highest BCUT2D eigenvalue weighted by Crippen LogP contribution is 2.01. The van der Waals surface area contributed by atoms with Crippen molar-refractivity contribution in [3.8, 4) is 6.07 Å². The van der Waals surface area contributed by atoms with Crippen LogP contribution in [-0.4, -0.2) is 12.6 Å². The highest BCUT2D eigenvalue weighted by atomic mass is 19.3. The lowest BCUT2D eigenvalue weighted by atomic mass is 10.5. The molecule has 0 aliphatic carbocycles. The Morgan fingerprint density at radius 1 is 1.29 bits per heavy atom. The number of alkyl halides is 3. The molecule has 4 heteroatoms. The monoisotopic (exact) mass is 109 g/mol. The summed E-state index contributed by atoms with van der Waals surface area (Å²) < 4.78 is 32.8. The van der Waals surface area contributed by atoms with Crippen molar-refractivity contribution >= 4 is 0 Å². The quantitative estimate of drug-likeness (QED) is 0.494. The first-order valence-corrected chi connectivity index (χ1v) is 1.50. The molecule has 0 aliphatic heterocycles. The van der Waals surface area contributed by atoms with Crippen LogP contribution >= 0.6 is 0 Å². The molecule has 0 N–H and O–H groups in total. The van der Waals surface area contributed by atoms with Crippen LogP contribution < -0.4 is 0 Å². The first-order valence-electron chi connectivity index (χ1n) is 1.50. The summed E-state index contributed by atoms with van der Waals surface area (Å²) in [5, 5.41) is 7.40. The van der Waals surface area contributed by atoms with Gasteiger partial charge in [0.25, 0.3) is 6.43 Å². The lowest BCUT2D eigenvalue weighted by molar-refractivity contribution is 0.0787. The fraction of sp³-hybridized carbons (Fsp3) is 0.667. The second-order valence-corrected chi connectivity index (χ2v) is 0.865. The van der Waals surface area contributed by atoms with E-state index in [0.29, 0.717) is 0 Å². The van der Waals surface area contributed by atoms with Gasteiger partial charge in [-0.15, -0.1) is 0 Å². The standard InChI is InChI=1S/C3H2F3N/c4-2(1-7)3(5)6/h2-3H. The first kappa shape index (κ1) is 6.28. The van der Waals surface area contributed by atoms with Crippen LogP contribution in [0.3, 0.4) is 0 Å². The van der Waals surface area contributed by atoms with Gasteiger partial charge in [-0.1, -0.05) is 0 Å². The van der Waals surface area contributed by atoms with Gasteiger partial charge in [-0.2, -0.15) is 5.26 Å². The highest BCUT2D eigenvalue weighted by molar-refractivity contribution is 4.83.